The molecule has 134 valence electrons. The molecule has 2 aromatic carbocycles. The summed E-state index contributed by atoms with van der Waals surface area (Å²) in [6.07, 6.45) is 0. The van der Waals surface area contributed by atoms with Gasteiger partial charge in [0.15, 0.2) is 5.49 Å². The predicted molar refractivity (Wildman–Crippen MR) is 106 cm³/mol. The summed E-state index contributed by atoms with van der Waals surface area (Å²) < 4.78 is 11.4. The molecule has 3 heterocycles. The molecule has 2 N–H and O–H groups in total. The highest BCUT2D eigenvalue weighted by Gasteiger charge is 2.18. The Hall–Kier alpha value is -4.11. The number of rotatable bonds is 2. The second-order valence-electron chi connectivity index (χ2n) is 6.40. The number of hydrogen-bond acceptors (Lipinski definition) is 5. The van der Waals surface area contributed by atoms with Crippen LogP contribution in [0.15, 0.2) is 59.0 Å². The Kier molecular flexibility index (Phi) is 3.43. The van der Waals surface area contributed by atoms with E-state index in [1.807, 2.05) is 54.6 Å². The number of H-pyrrole nitrogens is 1. The van der Waals surface area contributed by atoms with Crippen LogP contribution in [-0.2, 0) is 0 Å². The van der Waals surface area contributed by atoms with Crippen molar-refractivity contribution in [1.82, 2.24) is 9.97 Å². The van der Waals surface area contributed by atoms with E-state index in [4.69, 9.17) is 14.6 Å². The first kappa shape index (κ1) is 16.1. The zero-order valence-electron chi connectivity index (χ0n) is 14.9. The van der Waals surface area contributed by atoms with Gasteiger partial charge in [0.1, 0.15) is 23.0 Å². The lowest BCUT2D eigenvalue weighted by Crippen LogP contribution is -2.12. The van der Waals surface area contributed by atoms with Crippen LogP contribution in [0, 0.1) is 16.7 Å². The van der Waals surface area contributed by atoms with Crippen LogP contribution in [-0.4, -0.2) is 17.1 Å². The van der Waals surface area contributed by atoms with Crippen molar-refractivity contribution in [3.05, 3.63) is 65.6 Å². The third kappa shape index (κ3) is 2.20. The first-order valence-corrected chi connectivity index (χ1v) is 8.67. The van der Waals surface area contributed by atoms with E-state index in [-0.39, 0.29) is 11.1 Å². The highest BCUT2D eigenvalue weighted by Crippen LogP contribution is 2.37. The number of hydrogen-bond donors (Lipinski definition) is 2. The second-order valence-corrected chi connectivity index (χ2v) is 6.40. The van der Waals surface area contributed by atoms with Gasteiger partial charge in [-0.25, -0.2) is 0 Å². The fourth-order valence-electron chi connectivity index (χ4n) is 3.62. The molecular weight excluding hydrogens is 352 g/mol. The average Bonchev–Trinajstić information content (AvgIpc) is 2.73. The van der Waals surface area contributed by atoms with Crippen LogP contribution in [0.3, 0.4) is 0 Å². The van der Waals surface area contributed by atoms with E-state index in [9.17, 15) is 5.26 Å². The fourth-order valence-corrected chi connectivity index (χ4v) is 3.62. The number of nitrogens with zero attached hydrogens (tertiary/aromatic N) is 2. The molecule has 0 spiro atoms. The minimum atomic E-state index is -0.122. The van der Waals surface area contributed by atoms with E-state index >= 15 is 0 Å². The van der Waals surface area contributed by atoms with Crippen LogP contribution < -0.4 is 10.2 Å². The van der Waals surface area contributed by atoms with E-state index in [0.29, 0.717) is 27.9 Å². The first-order valence-electron chi connectivity index (χ1n) is 8.67. The zero-order chi connectivity index (χ0) is 19.3. The van der Waals surface area contributed by atoms with Crippen molar-refractivity contribution in [2.75, 3.05) is 7.11 Å². The summed E-state index contributed by atoms with van der Waals surface area (Å²) in [5.74, 6) is 0.713. The molecule has 0 saturated carbocycles. The van der Waals surface area contributed by atoms with E-state index in [2.05, 4.69) is 16.0 Å². The normalized spacial score (nSPS) is 11.1. The van der Waals surface area contributed by atoms with Gasteiger partial charge in [0.2, 0.25) is 5.71 Å². The summed E-state index contributed by atoms with van der Waals surface area (Å²) in [5.41, 5.74) is 3.24. The number of benzene rings is 2. The lowest BCUT2D eigenvalue weighted by molar-refractivity contribution is 0.416. The number of nitrogens with one attached hydrogen (secondary N) is 2. The molecule has 0 atom stereocenters. The monoisotopic (exact) mass is 366 g/mol. The molecule has 0 aliphatic heterocycles. The van der Waals surface area contributed by atoms with Crippen molar-refractivity contribution in [1.29, 1.82) is 10.7 Å². The van der Waals surface area contributed by atoms with Crippen LogP contribution in [0.25, 0.3) is 44.2 Å². The predicted octanol–water partition coefficient (Wildman–Crippen LogP) is 4.49. The van der Waals surface area contributed by atoms with Crippen LogP contribution in [0.2, 0.25) is 0 Å². The Morgan fingerprint density at radius 1 is 1.11 bits per heavy atom. The molecule has 6 heteroatoms. The van der Waals surface area contributed by atoms with Gasteiger partial charge in [-0.15, -0.1) is 0 Å². The maximum atomic E-state index is 9.65. The van der Waals surface area contributed by atoms with E-state index in [0.717, 1.165) is 22.0 Å². The van der Waals surface area contributed by atoms with Gasteiger partial charge < -0.3 is 14.1 Å². The molecule has 0 amide bonds. The van der Waals surface area contributed by atoms with Crippen LogP contribution in [0.4, 0.5) is 0 Å². The number of methoxy groups -OCH3 is 1. The maximum Gasteiger partial charge on any atom is 0.231 e. The van der Waals surface area contributed by atoms with E-state index in [1.54, 1.807) is 7.11 Å². The minimum Gasteiger partial charge on any atom is -0.496 e. The number of pyridine rings is 2. The van der Waals surface area contributed by atoms with Gasteiger partial charge >= 0.3 is 0 Å². The highest BCUT2D eigenvalue weighted by atomic mass is 16.5. The minimum absolute atomic E-state index is 0.122. The van der Waals surface area contributed by atoms with Gasteiger partial charge in [-0.1, -0.05) is 30.3 Å². The smallest absolute Gasteiger partial charge is 0.231 e. The zero-order valence-corrected chi connectivity index (χ0v) is 14.9. The summed E-state index contributed by atoms with van der Waals surface area (Å²) in [6.45, 7) is 0. The van der Waals surface area contributed by atoms with Crippen LogP contribution in [0.1, 0.15) is 5.56 Å². The Labute approximate surface area is 159 Å². The summed E-state index contributed by atoms with van der Waals surface area (Å²) >= 11 is 0. The number of ether oxygens (including phenoxy) is 1. The summed E-state index contributed by atoms with van der Waals surface area (Å²) in [6, 6.07) is 19.5. The quantitative estimate of drug-likeness (QED) is 0.355. The van der Waals surface area contributed by atoms with Crippen molar-refractivity contribution in [3.8, 4) is 23.1 Å². The van der Waals surface area contributed by atoms with Gasteiger partial charge in [0.05, 0.1) is 23.7 Å². The number of aromatic amines is 1. The van der Waals surface area contributed by atoms with Crippen LogP contribution >= 0.6 is 0 Å². The Balaban J connectivity index is 2.05. The summed E-state index contributed by atoms with van der Waals surface area (Å²) in [7, 11) is 1.62. The molecule has 6 nitrogen and oxygen atoms in total. The molecule has 0 unspecified atom stereocenters. The van der Waals surface area contributed by atoms with Gasteiger partial charge in [-0.3, -0.25) is 5.41 Å². The Morgan fingerprint density at radius 2 is 1.89 bits per heavy atom. The van der Waals surface area contributed by atoms with Crippen LogP contribution in [0.5, 0.6) is 5.75 Å². The van der Waals surface area contributed by atoms with Crippen molar-refractivity contribution in [3.63, 3.8) is 0 Å². The SMILES string of the molecule is COc1ccccc1-c1cc2c3ccccc3oc3nc(=N)c(C#N)c([nH]1)c32. The average molecular weight is 366 g/mol. The molecular formula is C22H14N4O2. The van der Waals surface area contributed by atoms with E-state index < -0.39 is 0 Å². The third-order valence-electron chi connectivity index (χ3n) is 4.87. The van der Waals surface area contributed by atoms with Crippen molar-refractivity contribution >= 4 is 33.0 Å². The van der Waals surface area contributed by atoms with Gasteiger partial charge in [-0.2, -0.15) is 10.2 Å². The largest absolute Gasteiger partial charge is 0.496 e. The Morgan fingerprint density at radius 3 is 2.71 bits per heavy atom. The molecule has 0 aliphatic carbocycles. The standard InChI is InChI=1S/C22H14N4O2/c1-27-17-8-4-3-7-13(17)16-10-14-12-6-2-5-9-18(12)28-22-19(14)20(25-16)15(11-23)21(24)26-22/h2-10,24-25H,1H3. The lowest BCUT2D eigenvalue weighted by atomic mass is 10.0. The highest BCUT2D eigenvalue weighted by molar-refractivity contribution is 6.17. The Bertz CT molecular complexity index is 1490. The van der Waals surface area contributed by atoms with Crippen molar-refractivity contribution in [2.45, 2.75) is 0 Å². The molecule has 0 bridgehead atoms. The number of para-hydroxylation sites is 2. The van der Waals surface area contributed by atoms with E-state index in [1.165, 1.54) is 0 Å². The lowest BCUT2D eigenvalue weighted by Gasteiger charge is -2.14. The topological polar surface area (TPSA) is 98.7 Å². The van der Waals surface area contributed by atoms with Gasteiger partial charge in [0, 0.05) is 16.3 Å². The second kappa shape index (κ2) is 5.96. The third-order valence-corrected chi connectivity index (χ3v) is 4.87. The molecule has 0 radical (unpaired) electrons. The molecule has 28 heavy (non-hydrogen) atoms. The summed E-state index contributed by atoms with van der Waals surface area (Å²) in [5, 5.41) is 20.3. The first-order chi connectivity index (χ1) is 13.7. The van der Waals surface area contributed by atoms with Crippen molar-refractivity contribution < 1.29 is 9.15 Å². The molecule has 3 aromatic heterocycles. The molecule has 5 aromatic rings. The number of nitriles is 1. The fraction of sp³-hybridized carbons (Fsp3) is 0.0455. The number of aromatic nitrogens is 2. The van der Waals surface area contributed by atoms with Gasteiger partial charge in [0.25, 0.3) is 0 Å². The molecule has 5 rings (SSSR count). The summed E-state index contributed by atoms with van der Waals surface area (Å²) in [4.78, 5) is 7.53. The van der Waals surface area contributed by atoms with Gasteiger partial charge in [-0.05, 0) is 24.3 Å². The molecule has 0 saturated heterocycles. The molecule has 0 aliphatic rings. The van der Waals surface area contributed by atoms with Crippen molar-refractivity contribution in [2.24, 2.45) is 0 Å². The number of fused-ring (bicyclic) bond motifs is 2. The maximum absolute atomic E-state index is 9.65. The molecule has 0 fully saturated rings.